The third kappa shape index (κ3) is 1.79. The van der Waals surface area contributed by atoms with E-state index in [-0.39, 0.29) is 12.3 Å². The Morgan fingerprint density at radius 2 is 2.12 bits per heavy atom. The van der Waals surface area contributed by atoms with Crippen LogP contribution < -0.4 is 5.32 Å². The summed E-state index contributed by atoms with van der Waals surface area (Å²) in [4.78, 5) is 22.8. The molecule has 1 amide bonds. The lowest BCUT2D eigenvalue weighted by Gasteiger charge is -2.31. The largest absolute Gasteiger partial charge is 0.480 e. The van der Waals surface area contributed by atoms with E-state index in [0.717, 1.165) is 5.56 Å². The molecule has 0 aromatic heterocycles. The molecule has 2 atom stereocenters. The fourth-order valence-electron chi connectivity index (χ4n) is 2.61. The molecule has 4 heteroatoms. The summed E-state index contributed by atoms with van der Waals surface area (Å²) in [6.07, 6.45) is 0.858. The summed E-state index contributed by atoms with van der Waals surface area (Å²) in [5, 5.41) is 11.8. The molecule has 1 aromatic carbocycles. The molecule has 0 aliphatic carbocycles. The van der Waals surface area contributed by atoms with Gasteiger partial charge in [0.15, 0.2) is 0 Å². The van der Waals surface area contributed by atoms with Crippen LogP contribution in [0.15, 0.2) is 30.3 Å². The number of carbonyl (C=O) groups excluding carboxylic acids is 1. The normalized spacial score (nSPS) is 27.8. The molecular weight excluding hydrogens is 218 g/mol. The first-order chi connectivity index (χ1) is 8.10. The summed E-state index contributed by atoms with van der Waals surface area (Å²) in [6, 6.07) is 8.57. The van der Waals surface area contributed by atoms with Crippen LogP contribution in [0.5, 0.6) is 0 Å². The highest BCUT2D eigenvalue weighted by Gasteiger charge is 2.50. The Hall–Kier alpha value is -1.84. The second-order valence-corrected chi connectivity index (χ2v) is 4.39. The summed E-state index contributed by atoms with van der Waals surface area (Å²) < 4.78 is 0. The summed E-state index contributed by atoms with van der Waals surface area (Å²) in [5.41, 5.74) is 0.290. The number of hydrogen-bond acceptors (Lipinski definition) is 2. The number of hydrogen-bond donors (Lipinski definition) is 2. The number of rotatable bonds is 3. The van der Waals surface area contributed by atoms with Gasteiger partial charge in [0.05, 0.1) is 0 Å². The van der Waals surface area contributed by atoms with Crippen molar-refractivity contribution in [3.05, 3.63) is 35.9 Å². The first kappa shape index (κ1) is 11.6. The third-order valence-electron chi connectivity index (χ3n) is 3.56. The number of nitrogens with one attached hydrogen (secondary N) is 1. The number of benzene rings is 1. The van der Waals surface area contributed by atoms with Gasteiger partial charge in [0.1, 0.15) is 6.04 Å². The van der Waals surface area contributed by atoms with Gasteiger partial charge in [-0.05, 0) is 12.0 Å². The van der Waals surface area contributed by atoms with Gasteiger partial charge in [0.2, 0.25) is 5.91 Å². The van der Waals surface area contributed by atoms with Gasteiger partial charge in [-0.15, -0.1) is 0 Å². The smallest absolute Gasteiger partial charge is 0.327 e. The molecule has 0 spiro atoms. The van der Waals surface area contributed by atoms with Gasteiger partial charge in [0.25, 0.3) is 0 Å². The van der Waals surface area contributed by atoms with E-state index in [9.17, 15) is 14.7 Å². The van der Waals surface area contributed by atoms with Crippen molar-refractivity contribution >= 4 is 11.9 Å². The van der Waals surface area contributed by atoms with Crippen LogP contribution in [-0.2, 0) is 15.0 Å². The average molecular weight is 233 g/mol. The molecule has 90 valence electrons. The quantitative estimate of drug-likeness (QED) is 0.827. The molecule has 1 aliphatic heterocycles. The van der Waals surface area contributed by atoms with Crippen molar-refractivity contribution in [2.75, 3.05) is 0 Å². The summed E-state index contributed by atoms with van der Waals surface area (Å²) in [5.74, 6) is -1.16. The lowest BCUT2D eigenvalue weighted by molar-refractivity contribution is -0.141. The van der Waals surface area contributed by atoms with Crippen molar-refractivity contribution in [1.29, 1.82) is 0 Å². The first-order valence-electron chi connectivity index (χ1n) is 5.68. The molecule has 1 aliphatic rings. The van der Waals surface area contributed by atoms with Crippen LogP contribution in [0.25, 0.3) is 0 Å². The molecule has 0 radical (unpaired) electrons. The van der Waals surface area contributed by atoms with E-state index in [1.54, 1.807) is 0 Å². The molecule has 0 saturated carbocycles. The zero-order valence-electron chi connectivity index (χ0n) is 9.64. The van der Waals surface area contributed by atoms with Crippen molar-refractivity contribution in [3.63, 3.8) is 0 Å². The highest BCUT2D eigenvalue weighted by atomic mass is 16.4. The van der Waals surface area contributed by atoms with Crippen LogP contribution in [0.4, 0.5) is 0 Å². The Bertz CT molecular complexity index is 443. The molecule has 1 saturated heterocycles. The number of aliphatic carboxylic acids is 1. The summed E-state index contributed by atoms with van der Waals surface area (Å²) in [6.45, 7) is 1.92. The van der Waals surface area contributed by atoms with E-state index < -0.39 is 17.4 Å². The van der Waals surface area contributed by atoms with Crippen LogP contribution in [0.2, 0.25) is 0 Å². The Kier molecular flexibility index (Phi) is 2.88. The van der Waals surface area contributed by atoms with Crippen molar-refractivity contribution in [3.8, 4) is 0 Å². The minimum Gasteiger partial charge on any atom is -0.480 e. The number of carboxylic acids is 1. The van der Waals surface area contributed by atoms with Gasteiger partial charge in [-0.3, -0.25) is 4.79 Å². The van der Waals surface area contributed by atoms with Crippen LogP contribution in [0, 0.1) is 0 Å². The van der Waals surface area contributed by atoms with Gasteiger partial charge in [-0.2, -0.15) is 0 Å². The highest BCUT2D eigenvalue weighted by Crippen LogP contribution is 2.39. The number of carboxylic acid groups (broad SMARTS) is 1. The zero-order chi connectivity index (χ0) is 12.5. The van der Waals surface area contributed by atoms with Crippen molar-refractivity contribution in [2.24, 2.45) is 0 Å². The van der Waals surface area contributed by atoms with E-state index in [1.165, 1.54) is 0 Å². The molecule has 0 bridgehead atoms. The number of carbonyl (C=O) groups is 2. The van der Waals surface area contributed by atoms with Crippen LogP contribution in [0.3, 0.4) is 0 Å². The predicted octanol–water partition coefficient (Wildman–Crippen LogP) is 1.31. The average Bonchev–Trinajstić information content (AvgIpc) is 2.69. The maximum absolute atomic E-state index is 11.5. The van der Waals surface area contributed by atoms with Crippen molar-refractivity contribution < 1.29 is 14.7 Å². The number of amides is 1. The van der Waals surface area contributed by atoms with Crippen LogP contribution in [0.1, 0.15) is 25.3 Å². The molecule has 2 rings (SSSR count). The highest BCUT2D eigenvalue weighted by molar-refractivity contribution is 5.91. The zero-order valence-corrected chi connectivity index (χ0v) is 9.64. The fraction of sp³-hybridized carbons (Fsp3) is 0.385. The van der Waals surface area contributed by atoms with Gasteiger partial charge < -0.3 is 10.4 Å². The second-order valence-electron chi connectivity index (χ2n) is 4.39. The molecule has 17 heavy (non-hydrogen) atoms. The van der Waals surface area contributed by atoms with Crippen molar-refractivity contribution in [1.82, 2.24) is 5.32 Å². The Balaban J connectivity index is 2.49. The topological polar surface area (TPSA) is 66.4 Å². The first-order valence-corrected chi connectivity index (χ1v) is 5.68. The molecule has 1 fully saturated rings. The van der Waals surface area contributed by atoms with E-state index in [0.29, 0.717) is 6.42 Å². The second kappa shape index (κ2) is 4.20. The molecule has 4 nitrogen and oxygen atoms in total. The standard InChI is InChI=1S/C13H15NO3/c1-2-13(9-6-4-3-5-7-9)8-10(15)14-11(13)12(16)17/h3-7,11H,2,8H2,1H3,(H,14,15)(H,16,17). The van der Waals surface area contributed by atoms with Gasteiger partial charge in [-0.1, -0.05) is 37.3 Å². The monoisotopic (exact) mass is 233 g/mol. The van der Waals surface area contributed by atoms with Crippen LogP contribution >= 0.6 is 0 Å². The molecule has 1 aromatic rings. The Morgan fingerprint density at radius 3 is 2.65 bits per heavy atom. The third-order valence-corrected chi connectivity index (χ3v) is 3.56. The molecule has 2 N–H and O–H groups in total. The maximum Gasteiger partial charge on any atom is 0.327 e. The van der Waals surface area contributed by atoms with E-state index in [2.05, 4.69) is 5.32 Å². The fourth-order valence-corrected chi connectivity index (χ4v) is 2.61. The van der Waals surface area contributed by atoms with E-state index in [1.807, 2.05) is 37.3 Å². The predicted molar refractivity (Wildman–Crippen MR) is 62.6 cm³/mol. The minimum absolute atomic E-state index is 0.192. The molecular formula is C13H15NO3. The van der Waals surface area contributed by atoms with Gasteiger partial charge in [0, 0.05) is 11.8 Å². The van der Waals surface area contributed by atoms with Gasteiger partial charge >= 0.3 is 5.97 Å². The maximum atomic E-state index is 11.5. The van der Waals surface area contributed by atoms with Crippen molar-refractivity contribution in [2.45, 2.75) is 31.2 Å². The summed E-state index contributed by atoms with van der Waals surface area (Å²) >= 11 is 0. The van der Waals surface area contributed by atoms with Crippen LogP contribution in [-0.4, -0.2) is 23.0 Å². The molecule has 1 heterocycles. The van der Waals surface area contributed by atoms with E-state index >= 15 is 0 Å². The lowest BCUT2D eigenvalue weighted by Crippen LogP contribution is -2.46. The SMILES string of the molecule is CCC1(c2ccccc2)CC(=O)NC1C(=O)O. The molecule has 2 unspecified atom stereocenters. The van der Waals surface area contributed by atoms with E-state index in [4.69, 9.17) is 0 Å². The van der Waals surface area contributed by atoms with Gasteiger partial charge in [-0.25, -0.2) is 4.79 Å². The summed E-state index contributed by atoms with van der Waals surface area (Å²) in [7, 11) is 0. The Morgan fingerprint density at radius 1 is 1.47 bits per heavy atom. The minimum atomic E-state index is -0.971. The Labute approximate surface area is 99.6 Å². The lowest BCUT2D eigenvalue weighted by atomic mass is 9.72.